The van der Waals surface area contributed by atoms with E-state index in [1.807, 2.05) is 36.4 Å². The average molecular weight is 382 g/mol. The van der Waals surface area contributed by atoms with Crippen LogP contribution in [0.15, 0.2) is 36.4 Å². The largest absolute Gasteiger partial charge is 0.493 e. The number of fused-ring (bicyclic) bond motifs is 1. The highest BCUT2D eigenvalue weighted by Crippen LogP contribution is 2.29. The molecule has 2 aromatic carbocycles. The van der Waals surface area contributed by atoms with Gasteiger partial charge in [-0.15, -0.1) is 0 Å². The van der Waals surface area contributed by atoms with Crippen molar-refractivity contribution >= 4 is 29.2 Å². The smallest absolute Gasteiger partial charge is 0.340 e. The number of rotatable bonds is 8. The number of carbonyl (C=O) groups excluding carboxylic acids is 1. The van der Waals surface area contributed by atoms with Gasteiger partial charge in [0.25, 0.3) is 0 Å². The van der Waals surface area contributed by atoms with Gasteiger partial charge in [0.1, 0.15) is 17.9 Å². The van der Waals surface area contributed by atoms with Crippen LogP contribution in [0.3, 0.4) is 0 Å². The maximum Gasteiger partial charge on any atom is 0.340 e. The van der Waals surface area contributed by atoms with Crippen LogP contribution in [0.25, 0.3) is 23.2 Å². The van der Waals surface area contributed by atoms with Gasteiger partial charge in [-0.2, -0.15) is 0 Å². The highest BCUT2D eigenvalue weighted by molar-refractivity contribution is 6.02. The van der Waals surface area contributed by atoms with Crippen molar-refractivity contribution in [3.8, 4) is 11.5 Å². The van der Waals surface area contributed by atoms with Gasteiger partial charge >= 0.3 is 5.97 Å². The molecular weight excluding hydrogens is 360 g/mol. The standard InChI is InChI=1S/C21H22N2O5/c1-25-11-12-28-17-9-7-14(13-18(17)26-2)8-10-19-22-16-6-4-5-15(20(16)23-19)21(24)27-3/h4-10,13H,11-12H2,1-3H3,(H,22,23). The molecule has 1 N–H and O–H groups in total. The maximum absolute atomic E-state index is 11.9. The number of carbonyl (C=O) groups is 1. The van der Waals surface area contributed by atoms with Gasteiger partial charge in [-0.3, -0.25) is 0 Å². The first-order valence-corrected chi connectivity index (χ1v) is 8.71. The molecule has 7 heteroatoms. The molecular formula is C21H22N2O5. The summed E-state index contributed by atoms with van der Waals surface area (Å²) < 4.78 is 20.8. The first-order chi connectivity index (χ1) is 13.7. The van der Waals surface area contributed by atoms with Gasteiger partial charge in [0.15, 0.2) is 11.5 Å². The predicted octanol–water partition coefficient (Wildman–Crippen LogP) is 3.55. The number of aromatic nitrogens is 2. The van der Waals surface area contributed by atoms with E-state index in [0.717, 1.165) is 11.1 Å². The van der Waals surface area contributed by atoms with Crippen LogP contribution >= 0.6 is 0 Å². The Labute approximate surface area is 162 Å². The summed E-state index contributed by atoms with van der Waals surface area (Å²) in [4.78, 5) is 19.6. The molecule has 0 aliphatic heterocycles. The molecule has 7 nitrogen and oxygen atoms in total. The molecule has 0 aliphatic rings. The topological polar surface area (TPSA) is 82.7 Å². The molecule has 3 rings (SSSR count). The normalized spacial score (nSPS) is 11.1. The van der Waals surface area contributed by atoms with E-state index in [1.54, 1.807) is 26.4 Å². The quantitative estimate of drug-likeness (QED) is 0.474. The Hall–Kier alpha value is -3.32. The van der Waals surface area contributed by atoms with Crippen LogP contribution in [-0.2, 0) is 9.47 Å². The molecule has 0 unspecified atom stereocenters. The molecule has 0 amide bonds. The molecule has 0 aliphatic carbocycles. The van der Waals surface area contributed by atoms with E-state index in [0.29, 0.717) is 41.6 Å². The van der Waals surface area contributed by atoms with Gasteiger partial charge < -0.3 is 23.9 Å². The van der Waals surface area contributed by atoms with Gasteiger partial charge in [0.05, 0.1) is 31.9 Å². The number of hydrogen-bond donors (Lipinski definition) is 1. The minimum atomic E-state index is -0.415. The number of para-hydroxylation sites is 1. The highest BCUT2D eigenvalue weighted by Gasteiger charge is 2.13. The molecule has 0 radical (unpaired) electrons. The highest BCUT2D eigenvalue weighted by atomic mass is 16.5. The maximum atomic E-state index is 11.9. The molecule has 0 bridgehead atoms. The average Bonchev–Trinajstić information content (AvgIpc) is 3.15. The van der Waals surface area contributed by atoms with Crippen LogP contribution in [0, 0.1) is 0 Å². The van der Waals surface area contributed by atoms with Gasteiger partial charge in [-0.25, -0.2) is 9.78 Å². The summed E-state index contributed by atoms with van der Waals surface area (Å²) >= 11 is 0. The van der Waals surface area contributed by atoms with E-state index in [-0.39, 0.29) is 0 Å². The van der Waals surface area contributed by atoms with Gasteiger partial charge in [0, 0.05) is 7.11 Å². The Morgan fingerprint density at radius 2 is 1.93 bits per heavy atom. The third kappa shape index (κ3) is 4.32. The van der Waals surface area contributed by atoms with Crippen molar-refractivity contribution in [3.63, 3.8) is 0 Å². The molecule has 0 saturated heterocycles. The van der Waals surface area contributed by atoms with Crippen LogP contribution in [-0.4, -0.2) is 50.5 Å². The third-order valence-corrected chi connectivity index (χ3v) is 4.10. The lowest BCUT2D eigenvalue weighted by molar-refractivity contribution is 0.0603. The SMILES string of the molecule is COCCOc1ccc(C=Cc2nc3c(C(=O)OC)cccc3[nH]2)cc1OC. The van der Waals surface area contributed by atoms with Crippen molar-refractivity contribution in [3.05, 3.63) is 53.3 Å². The molecule has 28 heavy (non-hydrogen) atoms. The number of H-pyrrole nitrogens is 1. The van der Waals surface area contributed by atoms with E-state index in [9.17, 15) is 4.79 Å². The number of ether oxygens (including phenoxy) is 4. The number of aromatic amines is 1. The first-order valence-electron chi connectivity index (χ1n) is 8.71. The second kappa shape index (κ2) is 9.05. The first kappa shape index (κ1) is 19.4. The second-order valence-corrected chi connectivity index (χ2v) is 5.90. The summed E-state index contributed by atoms with van der Waals surface area (Å²) in [5, 5.41) is 0. The van der Waals surface area contributed by atoms with Gasteiger partial charge in [-0.1, -0.05) is 18.2 Å². The van der Waals surface area contributed by atoms with Crippen molar-refractivity contribution < 1.29 is 23.7 Å². The third-order valence-electron chi connectivity index (χ3n) is 4.10. The van der Waals surface area contributed by atoms with Gasteiger partial charge in [-0.05, 0) is 35.9 Å². The monoisotopic (exact) mass is 382 g/mol. The van der Waals surface area contributed by atoms with E-state index in [1.165, 1.54) is 7.11 Å². The zero-order chi connectivity index (χ0) is 19.9. The van der Waals surface area contributed by atoms with Gasteiger partial charge in [0.2, 0.25) is 0 Å². The van der Waals surface area contributed by atoms with Crippen molar-refractivity contribution in [2.75, 3.05) is 34.5 Å². The number of methoxy groups -OCH3 is 3. The zero-order valence-electron chi connectivity index (χ0n) is 16.0. The van der Waals surface area contributed by atoms with E-state index >= 15 is 0 Å². The fourth-order valence-corrected chi connectivity index (χ4v) is 2.72. The number of nitrogens with zero attached hydrogens (tertiary/aromatic N) is 1. The summed E-state index contributed by atoms with van der Waals surface area (Å²) in [6.45, 7) is 0.952. The minimum Gasteiger partial charge on any atom is -0.493 e. The summed E-state index contributed by atoms with van der Waals surface area (Å²) in [6.07, 6.45) is 3.73. The van der Waals surface area contributed by atoms with Crippen molar-refractivity contribution in [1.29, 1.82) is 0 Å². The Morgan fingerprint density at radius 3 is 2.68 bits per heavy atom. The van der Waals surface area contributed by atoms with Crippen LogP contribution in [0.5, 0.6) is 11.5 Å². The van der Waals surface area contributed by atoms with E-state index in [4.69, 9.17) is 18.9 Å². The van der Waals surface area contributed by atoms with Crippen LogP contribution in [0.4, 0.5) is 0 Å². The Balaban J connectivity index is 1.82. The molecule has 0 fully saturated rings. The fraction of sp³-hybridized carbons (Fsp3) is 0.238. The number of nitrogens with one attached hydrogen (secondary N) is 1. The summed E-state index contributed by atoms with van der Waals surface area (Å²) in [7, 11) is 4.57. The number of benzene rings is 2. The number of esters is 1. The Morgan fingerprint density at radius 1 is 1.07 bits per heavy atom. The van der Waals surface area contributed by atoms with Crippen molar-refractivity contribution in [2.45, 2.75) is 0 Å². The Kier molecular flexibility index (Phi) is 6.29. The lowest BCUT2D eigenvalue weighted by Crippen LogP contribution is -2.05. The molecule has 0 spiro atoms. The lowest BCUT2D eigenvalue weighted by atomic mass is 10.2. The van der Waals surface area contributed by atoms with E-state index in [2.05, 4.69) is 9.97 Å². The molecule has 146 valence electrons. The van der Waals surface area contributed by atoms with E-state index < -0.39 is 5.97 Å². The van der Waals surface area contributed by atoms with Crippen molar-refractivity contribution in [1.82, 2.24) is 9.97 Å². The number of imidazole rings is 1. The summed E-state index contributed by atoms with van der Waals surface area (Å²) in [5.74, 6) is 1.51. The van der Waals surface area contributed by atoms with Crippen LogP contribution in [0.1, 0.15) is 21.7 Å². The summed E-state index contributed by atoms with van der Waals surface area (Å²) in [5.41, 5.74) is 2.69. The van der Waals surface area contributed by atoms with Crippen LogP contribution in [0.2, 0.25) is 0 Å². The molecule has 0 atom stereocenters. The summed E-state index contributed by atoms with van der Waals surface area (Å²) in [6, 6.07) is 11.0. The minimum absolute atomic E-state index is 0.415. The molecule has 1 heterocycles. The van der Waals surface area contributed by atoms with Crippen molar-refractivity contribution in [2.24, 2.45) is 0 Å². The second-order valence-electron chi connectivity index (χ2n) is 5.90. The molecule has 0 saturated carbocycles. The molecule has 1 aromatic heterocycles. The number of hydrogen-bond acceptors (Lipinski definition) is 6. The lowest BCUT2D eigenvalue weighted by Gasteiger charge is -2.10. The fourth-order valence-electron chi connectivity index (χ4n) is 2.72. The van der Waals surface area contributed by atoms with Crippen LogP contribution < -0.4 is 9.47 Å². The molecule has 3 aromatic rings. The Bertz CT molecular complexity index is 994. The predicted molar refractivity (Wildman–Crippen MR) is 107 cm³/mol. The zero-order valence-corrected chi connectivity index (χ0v) is 16.0.